The van der Waals surface area contributed by atoms with E-state index in [1.54, 1.807) is 37.9 Å². The molecule has 0 bridgehead atoms. The van der Waals surface area contributed by atoms with E-state index in [1.807, 2.05) is 12.1 Å². The van der Waals surface area contributed by atoms with Crippen molar-refractivity contribution >= 4 is 21.4 Å². The third-order valence-corrected chi connectivity index (χ3v) is 5.82. The third kappa shape index (κ3) is 3.24. The quantitative estimate of drug-likeness (QED) is 0.882. The van der Waals surface area contributed by atoms with Crippen LogP contribution in [0.15, 0.2) is 40.9 Å². The summed E-state index contributed by atoms with van der Waals surface area (Å²) in [5.74, 6) is 0. The highest BCUT2D eigenvalue weighted by Gasteiger charge is 2.24. The smallest absolute Gasteiger partial charge is 0.244 e. The molecule has 0 fully saturated rings. The molecule has 0 saturated heterocycles. The van der Waals surface area contributed by atoms with Gasteiger partial charge in [0.2, 0.25) is 10.0 Å². The highest BCUT2D eigenvalue weighted by molar-refractivity contribution is 7.89. The zero-order valence-corrected chi connectivity index (χ0v) is 13.0. The molecule has 7 heteroatoms. The van der Waals surface area contributed by atoms with Crippen molar-refractivity contribution < 1.29 is 8.42 Å². The Balaban J connectivity index is 2.23. The lowest BCUT2D eigenvalue weighted by molar-refractivity contribution is 0.466. The molecule has 5 nitrogen and oxygen atoms in total. The number of sulfonamides is 1. The Morgan fingerprint density at radius 2 is 2.00 bits per heavy atom. The van der Waals surface area contributed by atoms with E-state index in [1.165, 1.54) is 15.6 Å². The number of nitrogens with one attached hydrogen (secondary N) is 1. The molecule has 0 aromatic carbocycles. The van der Waals surface area contributed by atoms with Crippen LogP contribution in [0.25, 0.3) is 0 Å². The summed E-state index contributed by atoms with van der Waals surface area (Å²) in [5, 5.41) is 4.80. The Morgan fingerprint density at radius 1 is 1.30 bits per heavy atom. The van der Waals surface area contributed by atoms with Crippen LogP contribution in [0.5, 0.6) is 0 Å². The molecule has 0 amide bonds. The molecule has 0 unspecified atom stereocenters. The van der Waals surface area contributed by atoms with Crippen molar-refractivity contribution in [2.45, 2.75) is 18.0 Å². The van der Waals surface area contributed by atoms with Gasteiger partial charge in [-0.05, 0) is 36.2 Å². The van der Waals surface area contributed by atoms with Gasteiger partial charge >= 0.3 is 0 Å². The lowest BCUT2D eigenvalue weighted by Crippen LogP contribution is -2.27. The average molecular weight is 311 g/mol. The highest BCUT2D eigenvalue weighted by Crippen LogP contribution is 2.25. The first kappa shape index (κ1) is 15.1. The topological polar surface area (TPSA) is 62.3 Å². The molecule has 0 radical (unpaired) electrons. The minimum Gasteiger partial charge on any atom is -0.315 e. The minimum atomic E-state index is -3.46. The van der Waals surface area contributed by atoms with Gasteiger partial charge in [-0.15, -0.1) is 11.3 Å². The minimum absolute atomic E-state index is 0.333. The lowest BCUT2D eigenvalue weighted by Gasteiger charge is -2.17. The summed E-state index contributed by atoms with van der Waals surface area (Å²) in [6.07, 6.45) is 3.32. The normalized spacial score (nSPS) is 11.9. The average Bonchev–Trinajstić information content (AvgIpc) is 2.89. The molecular formula is C13H17N3O2S2. The van der Waals surface area contributed by atoms with Gasteiger partial charge in [0.05, 0.1) is 4.90 Å². The fourth-order valence-corrected chi connectivity index (χ4v) is 4.43. The first-order chi connectivity index (χ1) is 9.55. The van der Waals surface area contributed by atoms with Crippen molar-refractivity contribution in [3.8, 4) is 0 Å². The SMILES string of the molecule is CNCc1sccc1S(=O)(=O)N(C)Cc1ccncc1. The van der Waals surface area contributed by atoms with E-state index in [0.29, 0.717) is 18.0 Å². The fraction of sp³-hybridized carbons (Fsp3) is 0.308. The summed E-state index contributed by atoms with van der Waals surface area (Å²) in [4.78, 5) is 5.14. The van der Waals surface area contributed by atoms with E-state index in [9.17, 15) is 8.42 Å². The van der Waals surface area contributed by atoms with Gasteiger partial charge in [-0.25, -0.2) is 8.42 Å². The summed E-state index contributed by atoms with van der Waals surface area (Å²) in [6.45, 7) is 0.884. The molecule has 2 aromatic rings. The second-order valence-corrected chi connectivity index (χ2v) is 7.37. The van der Waals surface area contributed by atoms with E-state index in [0.717, 1.165) is 10.4 Å². The number of rotatable bonds is 6. The molecule has 0 aliphatic rings. The maximum atomic E-state index is 12.6. The molecule has 2 heterocycles. The Labute approximate surface area is 123 Å². The van der Waals surface area contributed by atoms with Crippen molar-refractivity contribution in [3.63, 3.8) is 0 Å². The molecule has 2 rings (SSSR count). The summed E-state index contributed by atoms with van der Waals surface area (Å²) in [5.41, 5.74) is 0.913. The lowest BCUT2D eigenvalue weighted by atomic mass is 10.3. The van der Waals surface area contributed by atoms with Crippen LogP contribution < -0.4 is 5.32 Å². The van der Waals surface area contributed by atoms with Gasteiger partial charge in [0.25, 0.3) is 0 Å². The largest absolute Gasteiger partial charge is 0.315 e. The summed E-state index contributed by atoms with van der Waals surface area (Å²) in [6, 6.07) is 5.29. The van der Waals surface area contributed by atoms with Gasteiger partial charge in [0.1, 0.15) is 0 Å². The van der Waals surface area contributed by atoms with Crippen LogP contribution in [-0.4, -0.2) is 31.8 Å². The summed E-state index contributed by atoms with van der Waals surface area (Å²) >= 11 is 1.45. The van der Waals surface area contributed by atoms with Crippen LogP contribution >= 0.6 is 11.3 Å². The van der Waals surface area contributed by atoms with Crippen LogP contribution in [0.1, 0.15) is 10.4 Å². The Kier molecular flexibility index (Phi) is 4.87. The molecule has 0 aliphatic heterocycles. The van der Waals surface area contributed by atoms with Crippen molar-refractivity contribution in [2.24, 2.45) is 0 Å². The Hall–Kier alpha value is -1.28. The predicted molar refractivity (Wildman–Crippen MR) is 80.0 cm³/mol. The highest BCUT2D eigenvalue weighted by atomic mass is 32.2. The standard InChI is InChI=1S/C13H17N3O2S2/c1-14-9-12-13(5-8-19-12)20(17,18)16(2)10-11-3-6-15-7-4-11/h3-8,14H,9-10H2,1-2H3. The van der Waals surface area contributed by atoms with Gasteiger partial charge < -0.3 is 5.32 Å². The maximum Gasteiger partial charge on any atom is 0.244 e. The molecule has 0 atom stereocenters. The number of hydrogen-bond acceptors (Lipinski definition) is 5. The van der Waals surface area contributed by atoms with Crippen LogP contribution in [0.2, 0.25) is 0 Å². The summed E-state index contributed by atoms with van der Waals surface area (Å²) in [7, 11) is -0.0671. The van der Waals surface area contributed by atoms with Crippen LogP contribution in [0, 0.1) is 0 Å². The van der Waals surface area contributed by atoms with Crippen molar-refractivity contribution in [1.82, 2.24) is 14.6 Å². The molecule has 0 aliphatic carbocycles. The third-order valence-electron chi connectivity index (χ3n) is 2.88. The summed E-state index contributed by atoms with van der Waals surface area (Å²) < 4.78 is 26.5. The second-order valence-electron chi connectivity index (χ2n) is 4.35. The van der Waals surface area contributed by atoms with E-state index in [4.69, 9.17) is 0 Å². The number of pyridine rings is 1. The first-order valence-corrected chi connectivity index (χ1v) is 8.44. The zero-order chi connectivity index (χ0) is 14.6. The Bertz CT molecular complexity index is 653. The van der Waals surface area contributed by atoms with Crippen LogP contribution in [-0.2, 0) is 23.1 Å². The molecule has 1 N–H and O–H groups in total. The molecule has 20 heavy (non-hydrogen) atoms. The van der Waals surface area contributed by atoms with Crippen molar-refractivity contribution in [2.75, 3.05) is 14.1 Å². The number of hydrogen-bond donors (Lipinski definition) is 1. The number of aromatic nitrogens is 1. The molecule has 0 saturated carbocycles. The van der Waals surface area contributed by atoms with E-state index in [-0.39, 0.29) is 0 Å². The van der Waals surface area contributed by atoms with E-state index in [2.05, 4.69) is 10.3 Å². The zero-order valence-electron chi connectivity index (χ0n) is 11.4. The van der Waals surface area contributed by atoms with Crippen LogP contribution in [0.3, 0.4) is 0 Å². The number of thiophene rings is 1. The second kappa shape index (κ2) is 6.45. The van der Waals surface area contributed by atoms with Gasteiger partial charge in [0.15, 0.2) is 0 Å². The van der Waals surface area contributed by atoms with Gasteiger partial charge in [-0.1, -0.05) is 0 Å². The molecule has 2 aromatic heterocycles. The molecular weight excluding hydrogens is 294 g/mol. The predicted octanol–water partition coefficient (Wildman–Crippen LogP) is 1.68. The van der Waals surface area contributed by atoms with E-state index >= 15 is 0 Å². The Morgan fingerprint density at radius 3 is 2.65 bits per heavy atom. The maximum absolute atomic E-state index is 12.6. The molecule has 0 spiro atoms. The van der Waals surface area contributed by atoms with Gasteiger partial charge in [-0.2, -0.15) is 4.31 Å². The van der Waals surface area contributed by atoms with E-state index < -0.39 is 10.0 Å². The van der Waals surface area contributed by atoms with Crippen molar-refractivity contribution in [3.05, 3.63) is 46.4 Å². The van der Waals surface area contributed by atoms with Crippen LogP contribution in [0.4, 0.5) is 0 Å². The first-order valence-electron chi connectivity index (χ1n) is 6.12. The monoisotopic (exact) mass is 311 g/mol. The van der Waals surface area contributed by atoms with Gasteiger partial charge in [0, 0.05) is 37.4 Å². The van der Waals surface area contributed by atoms with Gasteiger partial charge in [-0.3, -0.25) is 4.98 Å². The number of nitrogens with zero attached hydrogens (tertiary/aromatic N) is 2. The fourth-order valence-electron chi connectivity index (χ4n) is 1.85. The molecule has 108 valence electrons. The van der Waals surface area contributed by atoms with Crippen molar-refractivity contribution in [1.29, 1.82) is 0 Å².